The van der Waals surface area contributed by atoms with E-state index in [2.05, 4.69) is 64.3 Å². The van der Waals surface area contributed by atoms with Gasteiger partial charge in [-0.2, -0.15) is 0 Å². The molecule has 1 N–H and O–H groups in total. The van der Waals surface area contributed by atoms with Crippen LogP contribution in [0.3, 0.4) is 0 Å². The first-order chi connectivity index (χ1) is 7.58. The predicted molar refractivity (Wildman–Crippen MR) is 71.5 cm³/mol. The summed E-state index contributed by atoms with van der Waals surface area (Å²) in [5.41, 5.74) is 1.63. The molecule has 1 fully saturated rings. The second-order valence-corrected chi connectivity index (χ2v) is 5.96. The Morgan fingerprint density at radius 2 is 2.25 bits per heavy atom. The summed E-state index contributed by atoms with van der Waals surface area (Å²) < 4.78 is 1.16. The monoisotopic (exact) mass is 282 g/mol. The van der Waals surface area contributed by atoms with Gasteiger partial charge in [-0.1, -0.05) is 28.1 Å². The van der Waals surface area contributed by atoms with Gasteiger partial charge in [0, 0.05) is 36.2 Å². The van der Waals surface area contributed by atoms with Gasteiger partial charge < -0.3 is 5.32 Å². The summed E-state index contributed by atoms with van der Waals surface area (Å²) in [5.74, 6) is 0. The van der Waals surface area contributed by atoms with Crippen molar-refractivity contribution in [2.24, 2.45) is 0 Å². The van der Waals surface area contributed by atoms with Crippen molar-refractivity contribution in [3.8, 4) is 0 Å². The summed E-state index contributed by atoms with van der Waals surface area (Å²) in [5, 5.41) is 3.45. The molecule has 3 heteroatoms. The van der Waals surface area contributed by atoms with Crippen LogP contribution in [-0.4, -0.2) is 30.1 Å². The highest BCUT2D eigenvalue weighted by atomic mass is 79.9. The number of benzene rings is 1. The van der Waals surface area contributed by atoms with Crippen LogP contribution in [0.5, 0.6) is 0 Å². The average molecular weight is 283 g/mol. The molecule has 1 aliphatic rings. The summed E-state index contributed by atoms with van der Waals surface area (Å²) in [6.07, 6.45) is 0. The minimum absolute atomic E-state index is 0.251. The van der Waals surface area contributed by atoms with E-state index in [1.54, 1.807) is 0 Å². The molecule has 2 nitrogen and oxygen atoms in total. The maximum absolute atomic E-state index is 3.52. The lowest BCUT2D eigenvalue weighted by atomic mass is 9.99. The van der Waals surface area contributed by atoms with Crippen molar-refractivity contribution < 1.29 is 0 Å². The maximum Gasteiger partial charge on any atom is 0.0281 e. The summed E-state index contributed by atoms with van der Waals surface area (Å²) in [7, 11) is 0. The molecule has 0 amide bonds. The standard InChI is InChI=1S/C13H19BrN2/c1-13(2)10-15-6-7-16(13)9-11-4-3-5-12(14)8-11/h3-5,8,15H,6-7,9-10H2,1-2H3. The maximum atomic E-state index is 3.52. The highest BCUT2D eigenvalue weighted by Gasteiger charge is 2.29. The lowest BCUT2D eigenvalue weighted by Gasteiger charge is -2.42. The Morgan fingerprint density at radius 3 is 2.94 bits per heavy atom. The van der Waals surface area contributed by atoms with Gasteiger partial charge >= 0.3 is 0 Å². The van der Waals surface area contributed by atoms with E-state index in [0.717, 1.165) is 30.7 Å². The number of hydrogen-bond donors (Lipinski definition) is 1. The second-order valence-electron chi connectivity index (χ2n) is 5.04. The summed E-state index contributed by atoms with van der Waals surface area (Å²) in [4.78, 5) is 2.55. The minimum Gasteiger partial charge on any atom is -0.314 e. The van der Waals surface area contributed by atoms with Crippen LogP contribution in [-0.2, 0) is 6.54 Å². The van der Waals surface area contributed by atoms with E-state index in [9.17, 15) is 0 Å². The Labute approximate surface area is 106 Å². The lowest BCUT2D eigenvalue weighted by molar-refractivity contribution is 0.0827. The normalized spacial score (nSPS) is 20.9. The van der Waals surface area contributed by atoms with Crippen molar-refractivity contribution in [2.45, 2.75) is 25.9 Å². The molecule has 0 aromatic heterocycles. The van der Waals surface area contributed by atoms with Crippen LogP contribution in [0.25, 0.3) is 0 Å². The minimum atomic E-state index is 0.251. The molecule has 0 unspecified atom stereocenters. The van der Waals surface area contributed by atoms with E-state index in [1.807, 2.05) is 0 Å². The van der Waals surface area contributed by atoms with E-state index < -0.39 is 0 Å². The molecule has 1 aliphatic heterocycles. The second kappa shape index (κ2) is 4.86. The highest BCUT2D eigenvalue weighted by Crippen LogP contribution is 2.20. The number of rotatable bonds is 2. The molecule has 88 valence electrons. The fourth-order valence-corrected chi connectivity index (χ4v) is 2.62. The molecular weight excluding hydrogens is 264 g/mol. The largest absolute Gasteiger partial charge is 0.314 e. The first-order valence-electron chi connectivity index (χ1n) is 5.78. The molecule has 0 aliphatic carbocycles. The van der Waals surface area contributed by atoms with Crippen LogP contribution >= 0.6 is 15.9 Å². The fraction of sp³-hybridized carbons (Fsp3) is 0.538. The molecule has 1 saturated heterocycles. The van der Waals surface area contributed by atoms with Crippen LogP contribution in [0, 0.1) is 0 Å². The highest BCUT2D eigenvalue weighted by molar-refractivity contribution is 9.10. The third-order valence-corrected chi connectivity index (χ3v) is 3.73. The quantitative estimate of drug-likeness (QED) is 0.897. The average Bonchev–Trinajstić information content (AvgIpc) is 2.21. The molecule has 1 heterocycles. The van der Waals surface area contributed by atoms with Gasteiger partial charge in [0.25, 0.3) is 0 Å². The Kier molecular flexibility index (Phi) is 3.67. The van der Waals surface area contributed by atoms with Crippen molar-refractivity contribution in [3.05, 3.63) is 34.3 Å². The van der Waals surface area contributed by atoms with Crippen LogP contribution < -0.4 is 5.32 Å². The van der Waals surface area contributed by atoms with Gasteiger partial charge in [0.1, 0.15) is 0 Å². The van der Waals surface area contributed by atoms with Crippen molar-refractivity contribution in [1.82, 2.24) is 10.2 Å². The molecule has 0 saturated carbocycles. The van der Waals surface area contributed by atoms with Crippen LogP contribution in [0.2, 0.25) is 0 Å². The van der Waals surface area contributed by atoms with Crippen LogP contribution in [0.1, 0.15) is 19.4 Å². The molecular formula is C13H19BrN2. The van der Waals surface area contributed by atoms with E-state index in [0.29, 0.717) is 0 Å². The summed E-state index contributed by atoms with van der Waals surface area (Å²) in [6.45, 7) is 8.93. The van der Waals surface area contributed by atoms with Gasteiger partial charge in [0.2, 0.25) is 0 Å². The van der Waals surface area contributed by atoms with Gasteiger partial charge in [-0.3, -0.25) is 4.90 Å². The number of nitrogens with zero attached hydrogens (tertiary/aromatic N) is 1. The molecule has 1 aromatic carbocycles. The molecule has 1 aromatic rings. The molecule has 0 radical (unpaired) electrons. The topological polar surface area (TPSA) is 15.3 Å². The number of hydrogen-bond acceptors (Lipinski definition) is 2. The van der Waals surface area contributed by atoms with Crippen LogP contribution in [0.15, 0.2) is 28.7 Å². The Morgan fingerprint density at radius 1 is 1.44 bits per heavy atom. The third kappa shape index (κ3) is 2.84. The zero-order valence-corrected chi connectivity index (χ0v) is 11.5. The fourth-order valence-electron chi connectivity index (χ4n) is 2.17. The predicted octanol–water partition coefficient (Wildman–Crippen LogP) is 2.63. The van der Waals surface area contributed by atoms with Gasteiger partial charge in [-0.25, -0.2) is 0 Å². The molecule has 0 spiro atoms. The molecule has 0 atom stereocenters. The molecule has 2 rings (SSSR count). The van der Waals surface area contributed by atoms with Crippen molar-refractivity contribution >= 4 is 15.9 Å². The Balaban J connectivity index is 2.08. The third-order valence-electron chi connectivity index (χ3n) is 3.23. The summed E-state index contributed by atoms with van der Waals surface area (Å²) >= 11 is 3.52. The molecule has 0 bridgehead atoms. The first kappa shape index (κ1) is 12.1. The number of piperazine rings is 1. The summed E-state index contributed by atoms with van der Waals surface area (Å²) in [6, 6.07) is 8.59. The Bertz CT molecular complexity index is 363. The van der Waals surface area contributed by atoms with E-state index in [4.69, 9.17) is 0 Å². The molecule has 16 heavy (non-hydrogen) atoms. The smallest absolute Gasteiger partial charge is 0.0281 e. The van der Waals surface area contributed by atoms with E-state index in [-0.39, 0.29) is 5.54 Å². The van der Waals surface area contributed by atoms with E-state index >= 15 is 0 Å². The SMILES string of the molecule is CC1(C)CNCCN1Cc1cccc(Br)c1. The van der Waals surface area contributed by atoms with E-state index in [1.165, 1.54) is 5.56 Å². The van der Waals surface area contributed by atoms with Crippen molar-refractivity contribution in [1.29, 1.82) is 0 Å². The van der Waals surface area contributed by atoms with Gasteiger partial charge in [-0.15, -0.1) is 0 Å². The van der Waals surface area contributed by atoms with Crippen molar-refractivity contribution in [3.63, 3.8) is 0 Å². The zero-order valence-electron chi connectivity index (χ0n) is 9.96. The van der Waals surface area contributed by atoms with Crippen molar-refractivity contribution in [2.75, 3.05) is 19.6 Å². The zero-order chi connectivity index (χ0) is 11.6. The Hall–Kier alpha value is -0.380. The van der Waals surface area contributed by atoms with Gasteiger partial charge in [0.05, 0.1) is 0 Å². The van der Waals surface area contributed by atoms with Gasteiger partial charge in [0.15, 0.2) is 0 Å². The first-order valence-corrected chi connectivity index (χ1v) is 6.57. The number of nitrogens with one attached hydrogen (secondary N) is 1. The van der Waals surface area contributed by atoms with Crippen LogP contribution in [0.4, 0.5) is 0 Å². The van der Waals surface area contributed by atoms with Gasteiger partial charge in [-0.05, 0) is 31.5 Å². The number of halogens is 1. The lowest BCUT2D eigenvalue weighted by Crippen LogP contribution is -2.57.